The lowest BCUT2D eigenvalue weighted by atomic mass is 10.1. The number of rotatable bonds is 4. The zero-order valence-corrected chi connectivity index (χ0v) is 15.7. The number of anilines is 3. The number of benzene rings is 2. The number of carbonyl (C=O) groups excluding carboxylic acids is 3. The highest BCUT2D eigenvalue weighted by Gasteiger charge is 2.37. The lowest BCUT2D eigenvalue weighted by molar-refractivity contribution is -0.129. The summed E-state index contributed by atoms with van der Waals surface area (Å²) in [6.45, 7) is 1.94. The predicted octanol–water partition coefficient (Wildman–Crippen LogP) is 3.40. The van der Waals surface area contributed by atoms with Gasteiger partial charge in [-0.1, -0.05) is 22.0 Å². The Hall–Kier alpha value is -2.67. The molecule has 1 heterocycles. The lowest BCUT2D eigenvalue weighted by Crippen LogP contribution is -2.33. The lowest BCUT2D eigenvalue weighted by Gasteiger charge is -2.17. The highest BCUT2D eigenvalue weighted by Crippen LogP contribution is 2.28. The fourth-order valence-corrected chi connectivity index (χ4v) is 3.28. The molecule has 0 spiro atoms. The summed E-state index contributed by atoms with van der Waals surface area (Å²) in [4.78, 5) is 37.8. The topological polar surface area (TPSA) is 78.5 Å². The van der Waals surface area contributed by atoms with E-state index in [1.54, 1.807) is 29.2 Å². The molecule has 3 amide bonds. The molecule has 0 aliphatic carbocycles. The molecule has 1 saturated heterocycles. The summed E-state index contributed by atoms with van der Waals surface area (Å²) in [6, 6.07) is 14.2. The number of hydrogen-bond donors (Lipinski definition) is 2. The van der Waals surface area contributed by atoms with E-state index < -0.39 is 5.92 Å². The van der Waals surface area contributed by atoms with Crippen molar-refractivity contribution in [3.63, 3.8) is 0 Å². The van der Waals surface area contributed by atoms with E-state index in [1.807, 2.05) is 24.3 Å². The van der Waals surface area contributed by atoms with Crippen molar-refractivity contribution in [1.82, 2.24) is 0 Å². The van der Waals surface area contributed by atoms with Crippen LogP contribution < -0.4 is 15.5 Å². The molecule has 0 aromatic heterocycles. The number of nitrogens with zero attached hydrogens (tertiary/aromatic N) is 1. The highest BCUT2D eigenvalue weighted by molar-refractivity contribution is 9.10. The molecule has 7 heteroatoms. The van der Waals surface area contributed by atoms with Crippen LogP contribution in [0, 0.1) is 5.92 Å². The van der Waals surface area contributed by atoms with Crippen LogP contribution in [0.25, 0.3) is 0 Å². The summed E-state index contributed by atoms with van der Waals surface area (Å²) in [6.07, 6.45) is 0.473. The standard InChI is InChI=1S/C19H18BrN3O3/c1-12(24)21-14-5-7-15(8-6-14)22-18(25)17-9-10-23(19(17)26)16-4-2-3-13(20)11-16/h2-8,11,17H,9-10H2,1H3,(H,21,24)(H,22,25). The zero-order chi connectivity index (χ0) is 18.7. The molecule has 2 aromatic rings. The maximum atomic E-state index is 12.6. The fraction of sp³-hybridized carbons (Fsp3) is 0.211. The van der Waals surface area contributed by atoms with Crippen LogP contribution in [0.3, 0.4) is 0 Å². The number of carbonyl (C=O) groups is 3. The van der Waals surface area contributed by atoms with Crippen molar-refractivity contribution in [3.8, 4) is 0 Å². The average molecular weight is 416 g/mol. The molecule has 3 rings (SSSR count). The third-order valence-electron chi connectivity index (χ3n) is 4.11. The molecule has 2 aromatic carbocycles. The van der Waals surface area contributed by atoms with E-state index in [2.05, 4.69) is 26.6 Å². The summed E-state index contributed by atoms with van der Waals surface area (Å²) < 4.78 is 0.884. The van der Waals surface area contributed by atoms with Gasteiger partial charge < -0.3 is 15.5 Å². The first-order valence-electron chi connectivity index (χ1n) is 8.19. The minimum absolute atomic E-state index is 0.161. The Kier molecular flexibility index (Phi) is 5.37. The molecular formula is C19H18BrN3O3. The highest BCUT2D eigenvalue weighted by atomic mass is 79.9. The normalized spacial score (nSPS) is 16.5. The number of amides is 3. The van der Waals surface area contributed by atoms with E-state index in [1.165, 1.54) is 6.92 Å². The first-order valence-corrected chi connectivity index (χ1v) is 8.99. The largest absolute Gasteiger partial charge is 0.326 e. The van der Waals surface area contributed by atoms with E-state index in [-0.39, 0.29) is 17.7 Å². The second-order valence-electron chi connectivity index (χ2n) is 6.06. The summed E-state index contributed by atoms with van der Waals surface area (Å²) in [5.74, 6) is -1.38. The van der Waals surface area contributed by atoms with E-state index in [9.17, 15) is 14.4 Å². The van der Waals surface area contributed by atoms with Gasteiger partial charge in [0.15, 0.2) is 0 Å². The van der Waals surface area contributed by atoms with Crippen LogP contribution in [0.4, 0.5) is 17.1 Å². The smallest absolute Gasteiger partial charge is 0.239 e. The molecule has 1 aliphatic heterocycles. The molecule has 134 valence electrons. The van der Waals surface area contributed by atoms with Gasteiger partial charge in [-0.3, -0.25) is 14.4 Å². The van der Waals surface area contributed by atoms with Gasteiger partial charge >= 0.3 is 0 Å². The summed E-state index contributed by atoms with van der Waals surface area (Å²) in [7, 11) is 0. The Morgan fingerprint density at radius 2 is 1.73 bits per heavy atom. The quantitative estimate of drug-likeness (QED) is 0.750. The summed E-state index contributed by atoms with van der Waals surface area (Å²) in [5, 5.41) is 5.43. The molecule has 1 aliphatic rings. The molecule has 1 fully saturated rings. The van der Waals surface area contributed by atoms with Gasteiger partial charge in [-0.2, -0.15) is 0 Å². The number of halogens is 1. The van der Waals surface area contributed by atoms with Gasteiger partial charge in [0.25, 0.3) is 0 Å². The van der Waals surface area contributed by atoms with Gasteiger partial charge in [0, 0.05) is 35.0 Å². The maximum absolute atomic E-state index is 12.6. The Labute approximate surface area is 159 Å². The van der Waals surface area contributed by atoms with Gasteiger partial charge in [0.05, 0.1) is 0 Å². The van der Waals surface area contributed by atoms with Crippen LogP contribution in [0.1, 0.15) is 13.3 Å². The van der Waals surface area contributed by atoms with Gasteiger partial charge in [0.1, 0.15) is 5.92 Å². The van der Waals surface area contributed by atoms with Crippen molar-refractivity contribution in [2.75, 3.05) is 22.1 Å². The molecule has 2 N–H and O–H groups in total. The van der Waals surface area contributed by atoms with Crippen LogP contribution in [-0.2, 0) is 14.4 Å². The summed E-state index contributed by atoms with van der Waals surface area (Å²) in [5.41, 5.74) is 2.01. The summed E-state index contributed by atoms with van der Waals surface area (Å²) >= 11 is 3.39. The SMILES string of the molecule is CC(=O)Nc1ccc(NC(=O)C2CCN(c3cccc(Br)c3)C2=O)cc1. The monoisotopic (exact) mass is 415 g/mol. The second kappa shape index (κ2) is 7.70. The van der Waals surface area contributed by atoms with Crippen LogP contribution in [-0.4, -0.2) is 24.3 Å². The fourth-order valence-electron chi connectivity index (χ4n) is 2.89. The minimum Gasteiger partial charge on any atom is -0.326 e. The Morgan fingerprint density at radius 1 is 1.08 bits per heavy atom. The Bertz CT molecular complexity index is 851. The third-order valence-corrected chi connectivity index (χ3v) is 4.61. The van der Waals surface area contributed by atoms with Crippen molar-refractivity contribution in [3.05, 3.63) is 53.0 Å². The van der Waals surface area contributed by atoms with Crippen LogP contribution in [0.15, 0.2) is 53.0 Å². The maximum Gasteiger partial charge on any atom is 0.239 e. The first-order chi connectivity index (χ1) is 12.4. The van der Waals surface area contributed by atoms with Crippen LogP contribution in [0.2, 0.25) is 0 Å². The molecule has 26 heavy (non-hydrogen) atoms. The molecule has 1 unspecified atom stereocenters. The second-order valence-corrected chi connectivity index (χ2v) is 6.97. The van der Waals surface area contributed by atoms with Gasteiger partial charge in [-0.25, -0.2) is 0 Å². The molecule has 0 bridgehead atoms. The van der Waals surface area contributed by atoms with Crippen molar-refractivity contribution in [1.29, 1.82) is 0 Å². The molecule has 0 saturated carbocycles. The zero-order valence-electron chi connectivity index (χ0n) is 14.2. The third kappa shape index (κ3) is 4.11. The minimum atomic E-state index is -0.705. The number of hydrogen-bond acceptors (Lipinski definition) is 3. The predicted molar refractivity (Wildman–Crippen MR) is 104 cm³/mol. The van der Waals surface area contributed by atoms with Crippen molar-refractivity contribution >= 4 is 50.7 Å². The van der Waals surface area contributed by atoms with Crippen molar-refractivity contribution in [2.24, 2.45) is 5.92 Å². The van der Waals surface area contributed by atoms with E-state index in [0.29, 0.717) is 24.3 Å². The van der Waals surface area contributed by atoms with E-state index in [4.69, 9.17) is 0 Å². The van der Waals surface area contributed by atoms with Gasteiger partial charge in [-0.15, -0.1) is 0 Å². The van der Waals surface area contributed by atoms with Gasteiger partial charge in [0.2, 0.25) is 17.7 Å². The Morgan fingerprint density at radius 3 is 2.35 bits per heavy atom. The number of nitrogens with one attached hydrogen (secondary N) is 2. The Balaban J connectivity index is 1.65. The van der Waals surface area contributed by atoms with Crippen molar-refractivity contribution in [2.45, 2.75) is 13.3 Å². The molecule has 0 radical (unpaired) electrons. The molecule has 6 nitrogen and oxygen atoms in total. The van der Waals surface area contributed by atoms with Crippen LogP contribution in [0.5, 0.6) is 0 Å². The first kappa shape index (κ1) is 18.1. The van der Waals surface area contributed by atoms with E-state index in [0.717, 1.165) is 10.2 Å². The molecular weight excluding hydrogens is 398 g/mol. The average Bonchev–Trinajstić information content (AvgIpc) is 2.98. The molecule has 1 atom stereocenters. The van der Waals surface area contributed by atoms with Crippen molar-refractivity contribution < 1.29 is 14.4 Å². The van der Waals surface area contributed by atoms with Gasteiger partial charge in [-0.05, 0) is 48.9 Å². The van der Waals surface area contributed by atoms with Crippen LogP contribution >= 0.6 is 15.9 Å². The van der Waals surface area contributed by atoms with E-state index >= 15 is 0 Å².